The van der Waals surface area contributed by atoms with E-state index in [9.17, 15) is 0 Å². The maximum Gasteiger partial charge on any atom is 0.129 e. The quantitative estimate of drug-likeness (QED) is 0.864. The van der Waals surface area contributed by atoms with Crippen LogP contribution in [0.5, 0.6) is 0 Å². The van der Waals surface area contributed by atoms with Crippen LogP contribution in [0.1, 0.15) is 19.3 Å². The first kappa shape index (κ1) is 11.9. The van der Waals surface area contributed by atoms with Gasteiger partial charge in [-0.15, -0.1) is 0 Å². The van der Waals surface area contributed by atoms with Crippen LogP contribution >= 0.6 is 15.9 Å². The van der Waals surface area contributed by atoms with Crippen molar-refractivity contribution >= 4 is 21.7 Å². The molecule has 1 fully saturated rings. The van der Waals surface area contributed by atoms with Gasteiger partial charge >= 0.3 is 0 Å². The molecule has 1 aromatic rings. The van der Waals surface area contributed by atoms with E-state index in [4.69, 9.17) is 0 Å². The minimum Gasteiger partial charge on any atom is -0.358 e. The summed E-state index contributed by atoms with van der Waals surface area (Å²) in [7, 11) is 2.10. The molecule has 3 nitrogen and oxygen atoms in total. The molecule has 0 aliphatic carbocycles. The van der Waals surface area contributed by atoms with Crippen LogP contribution in [-0.4, -0.2) is 31.2 Å². The van der Waals surface area contributed by atoms with Gasteiger partial charge in [-0.05, 0) is 47.4 Å². The van der Waals surface area contributed by atoms with Crippen molar-refractivity contribution in [1.29, 1.82) is 0 Å². The molecule has 0 aromatic carbocycles. The van der Waals surface area contributed by atoms with Crippen LogP contribution < -0.4 is 10.2 Å². The molecule has 2 heterocycles. The summed E-state index contributed by atoms with van der Waals surface area (Å²) in [5.41, 5.74) is 0. The monoisotopic (exact) mass is 283 g/mol. The number of halogens is 1. The summed E-state index contributed by atoms with van der Waals surface area (Å²) in [6.45, 7) is 2.19. The van der Waals surface area contributed by atoms with Crippen molar-refractivity contribution in [2.45, 2.75) is 25.3 Å². The first-order valence-electron chi connectivity index (χ1n) is 5.83. The van der Waals surface area contributed by atoms with E-state index in [2.05, 4.69) is 38.2 Å². The van der Waals surface area contributed by atoms with E-state index >= 15 is 0 Å². The van der Waals surface area contributed by atoms with Gasteiger partial charge in [0.2, 0.25) is 0 Å². The molecular formula is C12H18BrN3. The summed E-state index contributed by atoms with van der Waals surface area (Å²) in [4.78, 5) is 6.67. The minimum absolute atomic E-state index is 0.611. The lowest BCUT2D eigenvalue weighted by Crippen LogP contribution is -2.42. The average molecular weight is 284 g/mol. The number of pyridine rings is 1. The Hall–Kier alpha value is -0.610. The second-order valence-corrected chi connectivity index (χ2v) is 5.16. The maximum atomic E-state index is 4.45. The second-order valence-electron chi connectivity index (χ2n) is 4.35. The number of nitrogens with zero attached hydrogens (tertiary/aromatic N) is 2. The fourth-order valence-corrected chi connectivity index (χ4v) is 2.45. The number of anilines is 1. The fourth-order valence-electron chi connectivity index (χ4n) is 2.11. The topological polar surface area (TPSA) is 28.2 Å². The number of hydrogen-bond donors (Lipinski definition) is 1. The molecule has 1 aliphatic rings. The standard InChI is InChI=1S/C12H18BrN3/c1-16(9-10-5-2-3-8-14-10)12-7-4-6-11(13)15-12/h4,6-7,10,14H,2-3,5,8-9H2,1H3/t10-/m1/s1. The number of likely N-dealkylation sites (N-methyl/N-ethyl adjacent to an activating group) is 1. The van der Waals surface area contributed by atoms with Crippen molar-refractivity contribution in [2.24, 2.45) is 0 Å². The van der Waals surface area contributed by atoms with Gasteiger partial charge in [0.1, 0.15) is 10.4 Å². The highest BCUT2D eigenvalue weighted by Crippen LogP contribution is 2.15. The highest BCUT2D eigenvalue weighted by Gasteiger charge is 2.15. The van der Waals surface area contributed by atoms with Crippen LogP contribution in [0.3, 0.4) is 0 Å². The molecule has 16 heavy (non-hydrogen) atoms. The molecule has 0 bridgehead atoms. The molecule has 0 saturated carbocycles. The van der Waals surface area contributed by atoms with Gasteiger partial charge in [-0.2, -0.15) is 0 Å². The number of piperidine rings is 1. The van der Waals surface area contributed by atoms with Crippen molar-refractivity contribution in [2.75, 3.05) is 25.0 Å². The Kier molecular flexibility index (Phi) is 4.18. The Morgan fingerprint density at radius 2 is 2.38 bits per heavy atom. The van der Waals surface area contributed by atoms with Crippen molar-refractivity contribution in [3.8, 4) is 0 Å². The van der Waals surface area contributed by atoms with E-state index in [-0.39, 0.29) is 0 Å². The predicted molar refractivity (Wildman–Crippen MR) is 70.8 cm³/mol. The second kappa shape index (κ2) is 5.64. The molecule has 1 atom stereocenters. The summed E-state index contributed by atoms with van der Waals surface area (Å²) in [5.74, 6) is 1.03. The smallest absolute Gasteiger partial charge is 0.129 e. The maximum absolute atomic E-state index is 4.45. The van der Waals surface area contributed by atoms with Crippen molar-refractivity contribution in [3.05, 3.63) is 22.8 Å². The van der Waals surface area contributed by atoms with Gasteiger partial charge in [-0.25, -0.2) is 4.98 Å². The van der Waals surface area contributed by atoms with E-state index in [0.29, 0.717) is 6.04 Å². The highest BCUT2D eigenvalue weighted by molar-refractivity contribution is 9.10. The van der Waals surface area contributed by atoms with E-state index < -0.39 is 0 Å². The van der Waals surface area contributed by atoms with Gasteiger partial charge in [0.25, 0.3) is 0 Å². The normalized spacial score (nSPS) is 20.8. The van der Waals surface area contributed by atoms with Crippen molar-refractivity contribution in [1.82, 2.24) is 10.3 Å². The Morgan fingerprint density at radius 1 is 1.50 bits per heavy atom. The lowest BCUT2D eigenvalue weighted by atomic mass is 10.0. The Morgan fingerprint density at radius 3 is 3.06 bits per heavy atom. The van der Waals surface area contributed by atoms with Crippen LogP contribution in [0.4, 0.5) is 5.82 Å². The summed E-state index contributed by atoms with van der Waals surface area (Å²) in [6.07, 6.45) is 3.94. The molecule has 2 rings (SSSR count). The predicted octanol–water partition coefficient (Wildman–Crippen LogP) is 2.42. The van der Waals surface area contributed by atoms with E-state index in [1.807, 2.05) is 18.2 Å². The highest BCUT2D eigenvalue weighted by atomic mass is 79.9. The summed E-state index contributed by atoms with van der Waals surface area (Å²) in [5, 5.41) is 3.55. The Balaban J connectivity index is 1.94. The van der Waals surface area contributed by atoms with Crippen LogP contribution in [0.2, 0.25) is 0 Å². The Labute approximate surface area is 105 Å². The number of rotatable bonds is 3. The zero-order chi connectivity index (χ0) is 11.4. The van der Waals surface area contributed by atoms with Gasteiger partial charge in [0.05, 0.1) is 0 Å². The molecule has 4 heteroatoms. The number of aromatic nitrogens is 1. The molecule has 0 amide bonds. The van der Waals surface area contributed by atoms with Crippen molar-refractivity contribution < 1.29 is 0 Å². The molecule has 0 radical (unpaired) electrons. The van der Waals surface area contributed by atoms with Gasteiger partial charge in [0.15, 0.2) is 0 Å². The SMILES string of the molecule is CN(C[C@H]1CCCCN1)c1cccc(Br)n1. The molecule has 0 spiro atoms. The van der Waals surface area contributed by atoms with Crippen molar-refractivity contribution in [3.63, 3.8) is 0 Å². The van der Waals surface area contributed by atoms with Crippen LogP contribution in [0.25, 0.3) is 0 Å². The summed E-state index contributed by atoms with van der Waals surface area (Å²) >= 11 is 3.40. The zero-order valence-electron chi connectivity index (χ0n) is 9.62. The average Bonchev–Trinajstić information content (AvgIpc) is 2.30. The largest absolute Gasteiger partial charge is 0.358 e. The fraction of sp³-hybridized carbons (Fsp3) is 0.583. The third kappa shape index (κ3) is 3.19. The molecule has 1 aliphatic heterocycles. The van der Waals surface area contributed by atoms with Crippen LogP contribution in [0.15, 0.2) is 22.8 Å². The molecule has 1 aromatic heterocycles. The number of nitrogens with one attached hydrogen (secondary N) is 1. The van der Waals surface area contributed by atoms with Crippen LogP contribution in [-0.2, 0) is 0 Å². The van der Waals surface area contributed by atoms with Crippen LogP contribution in [0, 0.1) is 0 Å². The third-order valence-electron chi connectivity index (χ3n) is 3.00. The summed E-state index contributed by atoms with van der Waals surface area (Å²) in [6, 6.07) is 6.64. The molecule has 1 N–H and O–H groups in total. The van der Waals surface area contributed by atoms with E-state index in [0.717, 1.165) is 23.5 Å². The molecule has 1 saturated heterocycles. The van der Waals surface area contributed by atoms with Gasteiger partial charge in [0, 0.05) is 19.6 Å². The third-order valence-corrected chi connectivity index (χ3v) is 3.44. The van der Waals surface area contributed by atoms with Gasteiger partial charge < -0.3 is 10.2 Å². The van der Waals surface area contributed by atoms with E-state index in [1.54, 1.807) is 0 Å². The molecule has 88 valence electrons. The number of hydrogen-bond acceptors (Lipinski definition) is 3. The van der Waals surface area contributed by atoms with Gasteiger partial charge in [-0.3, -0.25) is 0 Å². The zero-order valence-corrected chi connectivity index (χ0v) is 11.2. The minimum atomic E-state index is 0.611. The van der Waals surface area contributed by atoms with Gasteiger partial charge in [-0.1, -0.05) is 12.5 Å². The summed E-state index contributed by atoms with van der Waals surface area (Å²) < 4.78 is 0.897. The first-order valence-corrected chi connectivity index (χ1v) is 6.62. The first-order chi connectivity index (χ1) is 7.75. The lowest BCUT2D eigenvalue weighted by molar-refractivity contribution is 0.403. The molecular weight excluding hydrogens is 266 g/mol. The Bertz CT molecular complexity index is 337. The lowest BCUT2D eigenvalue weighted by Gasteiger charge is -2.28. The van der Waals surface area contributed by atoms with E-state index in [1.165, 1.54) is 19.3 Å². The molecule has 0 unspecified atom stereocenters.